The molecule has 0 aromatic heterocycles. The van der Waals surface area contributed by atoms with Gasteiger partial charge in [-0.3, -0.25) is 4.79 Å². The minimum atomic E-state index is -0.352. The van der Waals surface area contributed by atoms with Gasteiger partial charge in [-0.2, -0.15) is 0 Å². The van der Waals surface area contributed by atoms with Crippen LogP contribution in [-0.4, -0.2) is 52.1 Å². The summed E-state index contributed by atoms with van der Waals surface area (Å²) in [4.78, 5) is 11.5. The van der Waals surface area contributed by atoms with Crippen LogP contribution in [-0.2, 0) is 19.0 Å². The molecule has 1 heterocycles. The number of methoxy groups -OCH3 is 1. The molecule has 0 aromatic carbocycles. The van der Waals surface area contributed by atoms with Crippen molar-refractivity contribution in [3.8, 4) is 0 Å². The molecule has 18 heavy (non-hydrogen) atoms. The van der Waals surface area contributed by atoms with Crippen LogP contribution in [0.5, 0.6) is 0 Å². The molecule has 0 aliphatic carbocycles. The molecule has 0 aromatic rings. The Kier molecular flexibility index (Phi) is 7.96. The van der Waals surface area contributed by atoms with Gasteiger partial charge in [-0.25, -0.2) is 0 Å². The second-order valence-corrected chi connectivity index (χ2v) is 4.62. The minimum Gasteiger partial charge on any atom is -0.468 e. The van der Waals surface area contributed by atoms with Crippen LogP contribution in [0.2, 0.25) is 0 Å². The third kappa shape index (κ3) is 5.80. The van der Waals surface area contributed by atoms with E-state index in [9.17, 15) is 4.79 Å². The summed E-state index contributed by atoms with van der Waals surface area (Å²) in [7, 11) is 1.40. The molecule has 1 aliphatic rings. The van der Waals surface area contributed by atoms with E-state index >= 15 is 0 Å². The van der Waals surface area contributed by atoms with E-state index in [4.69, 9.17) is 14.2 Å². The maximum Gasteiger partial charge on any atom is 0.325 e. The highest BCUT2D eigenvalue weighted by Crippen LogP contribution is 2.14. The maximum absolute atomic E-state index is 11.5. The Morgan fingerprint density at radius 2 is 2.17 bits per heavy atom. The van der Waals surface area contributed by atoms with Gasteiger partial charge in [0.25, 0.3) is 0 Å². The maximum atomic E-state index is 11.5. The van der Waals surface area contributed by atoms with Gasteiger partial charge in [0.05, 0.1) is 13.7 Å². The number of rotatable bonds is 8. The molecular weight excluding hydrogens is 234 g/mol. The molecular formula is C13H25NO4. The first kappa shape index (κ1) is 15.4. The van der Waals surface area contributed by atoms with Gasteiger partial charge in [0.2, 0.25) is 0 Å². The topological polar surface area (TPSA) is 56.8 Å². The molecule has 1 rings (SSSR count). The molecule has 0 radical (unpaired) electrons. The summed E-state index contributed by atoms with van der Waals surface area (Å²) in [6, 6.07) is -0.352. The van der Waals surface area contributed by atoms with Crippen molar-refractivity contribution >= 4 is 5.97 Å². The highest BCUT2D eigenvalue weighted by molar-refractivity contribution is 5.75. The second-order valence-electron chi connectivity index (χ2n) is 4.62. The molecule has 1 saturated heterocycles. The van der Waals surface area contributed by atoms with Crippen molar-refractivity contribution in [2.75, 3.05) is 40.1 Å². The third-order valence-corrected chi connectivity index (χ3v) is 3.11. The molecule has 0 saturated carbocycles. The highest BCUT2D eigenvalue weighted by Gasteiger charge is 2.20. The first-order valence-corrected chi connectivity index (χ1v) is 6.74. The molecule has 5 heteroatoms. The lowest BCUT2D eigenvalue weighted by Crippen LogP contribution is -2.42. The number of hydrogen-bond acceptors (Lipinski definition) is 5. The SMILES string of the molecule is CCCNC(COCC1CCOCC1)C(=O)OC. The highest BCUT2D eigenvalue weighted by atomic mass is 16.5. The van der Waals surface area contributed by atoms with Gasteiger partial charge < -0.3 is 19.5 Å². The Bertz CT molecular complexity index is 229. The van der Waals surface area contributed by atoms with Gasteiger partial charge in [0, 0.05) is 19.8 Å². The summed E-state index contributed by atoms with van der Waals surface area (Å²) in [6.45, 7) is 5.57. The minimum absolute atomic E-state index is 0.254. The number of nitrogens with one attached hydrogen (secondary N) is 1. The van der Waals surface area contributed by atoms with Crippen LogP contribution in [0.15, 0.2) is 0 Å². The fourth-order valence-corrected chi connectivity index (χ4v) is 1.94. The van der Waals surface area contributed by atoms with Crippen molar-refractivity contribution in [1.82, 2.24) is 5.32 Å². The Morgan fingerprint density at radius 3 is 2.78 bits per heavy atom. The zero-order chi connectivity index (χ0) is 13.2. The second kappa shape index (κ2) is 9.30. The Labute approximate surface area is 109 Å². The van der Waals surface area contributed by atoms with Crippen LogP contribution in [0, 0.1) is 5.92 Å². The number of carbonyl (C=O) groups is 1. The van der Waals surface area contributed by atoms with Crippen LogP contribution in [0.25, 0.3) is 0 Å². The van der Waals surface area contributed by atoms with Crippen LogP contribution in [0.3, 0.4) is 0 Å². The molecule has 0 bridgehead atoms. The van der Waals surface area contributed by atoms with Crippen LogP contribution in [0.4, 0.5) is 0 Å². The largest absolute Gasteiger partial charge is 0.468 e. The zero-order valence-corrected chi connectivity index (χ0v) is 11.4. The third-order valence-electron chi connectivity index (χ3n) is 3.11. The van der Waals surface area contributed by atoms with E-state index in [1.165, 1.54) is 7.11 Å². The van der Waals surface area contributed by atoms with Gasteiger partial charge in [0.15, 0.2) is 0 Å². The Hall–Kier alpha value is -0.650. The molecule has 1 N–H and O–H groups in total. The van der Waals surface area contributed by atoms with E-state index in [2.05, 4.69) is 12.2 Å². The summed E-state index contributed by atoms with van der Waals surface area (Å²) in [5, 5.41) is 3.13. The number of carbonyl (C=O) groups excluding carboxylic acids is 1. The van der Waals surface area contributed by atoms with Crippen molar-refractivity contribution in [2.24, 2.45) is 5.92 Å². The van der Waals surface area contributed by atoms with E-state index in [1.54, 1.807) is 0 Å². The lowest BCUT2D eigenvalue weighted by Gasteiger charge is -2.23. The van der Waals surface area contributed by atoms with Gasteiger partial charge in [-0.1, -0.05) is 6.92 Å². The Balaban J connectivity index is 2.20. The molecule has 0 spiro atoms. The fraction of sp³-hybridized carbons (Fsp3) is 0.923. The van der Waals surface area contributed by atoms with Crippen molar-refractivity contribution in [3.63, 3.8) is 0 Å². The fourth-order valence-electron chi connectivity index (χ4n) is 1.94. The van der Waals surface area contributed by atoms with Gasteiger partial charge in [-0.05, 0) is 31.7 Å². The van der Waals surface area contributed by atoms with Crippen molar-refractivity contribution < 1.29 is 19.0 Å². The molecule has 1 unspecified atom stereocenters. The van der Waals surface area contributed by atoms with Crippen molar-refractivity contribution in [2.45, 2.75) is 32.2 Å². The summed E-state index contributed by atoms with van der Waals surface area (Å²) < 4.78 is 15.7. The first-order valence-electron chi connectivity index (χ1n) is 6.74. The van der Waals surface area contributed by atoms with E-state index < -0.39 is 0 Å². The van der Waals surface area contributed by atoms with E-state index in [1.807, 2.05) is 0 Å². The standard InChI is InChI=1S/C13H25NO4/c1-3-6-14-12(13(15)16-2)10-18-9-11-4-7-17-8-5-11/h11-12,14H,3-10H2,1-2H3. The molecule has 1 aliphatic heterocycles. The van der Waals surface area contributed by atoms with E-state index in [0.29, 0.717) is 19.1 Å². The number of hydrogen-bond donors (Lipinski definition) is 1. The molecule has 106 valence electrons. The van der Waals surface area contributed by atoms with Crippen LogP contribution >= 0.6 is 0 Å². The number of esters is 1. The summed E-state index contributed by atoms with van der Waals surface area (Å²) in [6.07, 6.45) is 3.07. The first-order chi connectivity index (χ1) is 8.77. The van der Waals surface area contributed by atoms with Crippen molar-refractivity contribution in [3.05, 3.63) is 0 Å². The lowest BCUT2D eigenvalue weighted by atomic mass is 10.0. The van der Waals surface area contributed by atoms with E-state index in [0.717, 1.165) is 39.0 Å². The monoisotopic (exact) mass is 259 g/mol. The smallest absolute Gasteiger partial charge is 0.325 e. The summed E-state index contributed by atoms with van der Waals surface area (Å²) >= 11 is 0. The normalized spacial score (nSPS) is 18.6. The van der Waals surface area contributed by atoms with Gasteiger partial charge in [-0.15, -0.1) is 0 Å². The van der Waals surface area contributed by atoms with Crippen LogP contribution in [0.1, 0.15) is 26.2 Å². The molecule has 0 amide bonds. The van der Waals surface area contributed by atoms with Crippen LogP contribution < -0.4 is 5.32 Å². The predicted molar refractivity (Wildman–Crippen MR) is 68.5 cm³/mol. The average Bonchev–Trinajstić information content (AvgIpc) is 2.43. The summed E-state index contributed by atoms with van der Waals surface area (Å²) in [5.41, 5.74) is 0. The molecule has 1 fully saturated rings. The van der Waals surface area contributed by atoms with Gasteiger partial charge >= 0.3 is 5.97 Å². The summed E-state index contributed by atoms with van der Waals surface area (Å²) in [5.74, 6) is 0.304. The predicted octanol–water partition coefficient (Wildman–Crippen LogP) is 0.971. The number of ether oxygens (including phenoxy) is 3. The van der Waals surface area contributed by atoms with Crippen molar-refractivity contribution in [1.29, 1.82) is 0 Å². The average molecular weight is 259 g/mol. The Morgan fingerprint density at radius 1 is 1.44 bits per heavy atom. The van der Waals surface area contributed by atoms with Gasteiger partial charge in [0.1, 0.15) is 6.04 Å². The zero-order valence-electron chi connectivity index (χ0n) is 11.4. The van der Waals surface area contributed by atoms with E-state index in [-0.39, 0.29) is 12.0 Å². The molecule has 1 atom stereocenters. The quantitative estimate of drug-likeness (QED) is 0.658. The lowest BCUT2D eigenvalue weighted by molar-refractivity contribution is -0.145. The molecule has 5 nitrogen and oxygen atoms in total.